The number of hydrogen-bond donors (Lipinski definition) is 2. The molecule has 2 amide bonds. The van der Waals surface area contributed by atoms with Crippen molar-refractivity contribution in [3.05, 3.63) is 87.3 Å². The normalized spacial score (nSPS) is 16.9. The van der Waals surface area contributed by atoms with Crippen LogP contribution in [0.5, 0.6) is 0 Å². The number of ketones is 1. The molecular weight excluding hydrogens is 549 g/mol. The molecule has 8 nitrogen and oxygen atoms in total. The number of rotatable bonds is 8. The van der Waals surface area contributed by atoms with Gasteiger partial charge < -0.3 is 15.6 Å². The molecule has 3 N–H and O–H groups in total. The number of carbonyl (C=O) groups is 3. The largest absolute Gasteiger partial charge is 0.389 e. The Morgan fingerprint density at radius 2 is 1.93 bits per heavy atom. The van der Waals surface area contributed by atoms with Crippen LogP contribution in [0.3, 0.4) is 0 Å². The highest BCUT2D eigenvalue weighted by Gasteiger charge is 2.40. The number of aromatic nitrogens is 1. The van der Waals surface area contributed by atoms with Crippen LogP contribution in [-0.2, 0) is 20.8 Å². The van der Waals surface area contributed by atoms with Gasteiger partial charge in [0.2, 0.25) is 11.8 Å². The van der Waals surface area contributed by atoms with Crippen molar-refractivity contribution >= 4 is 34.9 Å². The van der Waals surface area contributed by atoms with Crippen molar-refractivity contribution in [1.82, 2.24) is 10.5 Å². The molecule has 3 aromatic rings. The van der Waals surface area contributed by atoms with E-state index in [0.29, 0.717) is 27.4 Å². The minimum atomic E-state index is -4.61. The molecule has 0 aliphatic carbocycles. The van der Waals surface area contributed by atoms with E-state index >= 15 is 0 Å². The first-order valence-corrected chi connectivity index (χ1v) is 12.8. The molecule has 4 rings (SSSR count). The van der Waals surface area contributed by atoms with E-state index in [1.54, 1.807) is 30.3 Å². The van der Waals surface area contributed by atoms with Gasteiger partial charge in [0, 0.05) is 34.6 Å². The lowest BCUT2D eigenvalue weighted by Gasteiger charge is -2.25. The van der Waals surface area contributed by atoms with Crippen molar-refractivity contribution in [1.29, 1.82) is 0 Å². The number of aliphatic imine (C=N–C) groups is 1. The topological polar surface area (TPSA) is 128 Å². The van der Waals surface area contributed by atoms with E-state index in [-0.39, 0.29) is 17.7 Å². The fourth-order valence-corrected chi connectivity index (χ4v) is 5.05. The Morgan fingerprint density at radius 3 is 2.55 bits per heavy atom. The zero-order chi connectivity index (χ0) is 29.2. The Morgan fingerprint density at radius 1 is 1.20 bits per heavy atom. The second-order valence-corrected chi connectivity index (χ2v) is 10.1. The summed E-state index contributed by atoms with van der Waals surface area (Å²) in [6, 6.07) is 12.2. The molecular formula is C28H26ClF3N4O4. The van der Waals surface area contributed by atoms with Gasteiger partial charge in [0.25, 0.3) is 0 Å². The van der Waals surface area contributed by atoms with Gasteiger partial charge in [-0.15, -0.1) is 0 Å². The minimum Gasteiger partial charge on any atom is -0.369 e. The molecule has 1 aromatic heterocycles. The molecule has 0 fully saturated rings. The number of nitrogens with zero attached hydrogens (tertiary/aromatic N) is 2. The maximum atomic E-state index is 13.6. The van der Waals surface area contributed by atoms with Crippen LogP contribution < -0.4 is 11.1 Å². The summed E-state index contributed by atoms with van der Waals surface area (Å²) in [5.41, 5.74) is 9.01. The first kappa shape index (κ1) is 29.0. The van der Waals surface area contributed by atoms with Gasteiger partial charge in [0.15, 0.2) is 11.9 Å². The number of benzene rings is 2. The minimum absolute atomic E-state index is 0.0856. The van der Waals surface area contributed by atoms with Crippen molar-refractivity contribution in [2.45, 2.75) is 51.4 Å². The molecule has 0 spiro atoms. The summed E-state index contributed by atoms with van der Waals surface area (Å²) >= 11 is 6.21. The van der Waals surface area contributed by atoms with Crippen LogP contribution in [0, 0.1) is 19.8 Å². The molecule has 2 aromatic carbocycles. The summed E-state index contributed by atoms with van der Waals surface area (Å²) in [7, 11) is 0. The maximum Gasteiger partial charge on any atom is 0.389 e. The molecule has 0 unspecified atom stereocenters. The van der Waals surface area contributed by atoms with Crippen LogP contribution in [0.1, 0.15) is 52.3 Å². The van der Waals surface area contributed by atoms with E-state index in [1.807, 2.05) is 19.1 Å². The van der Waals surface area contributed by atoms with E-state index < -0.39 is 54.6 Å². The quantitative estimate of drug-likeness (QED) is 0.407. The van der Waals surface area contributed by atoms with Crippen molar-refractivity contribution in [2.24, 2.45) is 16.6 Å². The van der Waals surface area contributed by atoms with Gasteiger partial charge in [-0.3, -0.25) is 19.4 Å². The highest BCUT2D eigenvalue weighted by Crippen LogP contribution is 2.34. The molecule has 12 heteroatoms. The lowest BCUT2D eigenvalue weighted by atomic mass is 9.82. The van der Waals surface area contributed by atoms with E-state index in [0.717, 1.165) is 11.8 Å². The number of hydrogen-bond acceptors (Lipinski definition) is 6. The zero-order valence-electron chi connectivity index (χ0n) is 21.6. The summed E-state index contributed by atoms with van der Waals surface area (Å²) in [5.74, 6) is -5.56. The van der Waals surface area contributed by atoms with Crippen LogP contribution in [0.2, 0.25) is 5.02 Å². The van der Waals surface area contributed by atoms with Gasteiger partial charge in [-0.2, -0.15) is 13.2 Å². The zero-order valence-corrected chi connectivity index (χ0v) is 22.3. The second-order valence-electron chi connectivity index (χ2n) is 9.64. The molecule has 1 aliphatic heterocycles. The fraction of sp³-hybridized carbons (Fsp3) is 0.321. The average molecular weight is 575 g/mol. The number of Topliss-reactive ketones (excluding diaryl/α,β-unsaturated/α-hetero) is 1. The van der Waals surface area contributed by atoms with Gasteiger partial charge >= 0.3 is 6.18 Å². The predicted octanol–water partition coefficient (Wildman–Crippen LogP) is 4.58. The Labute approximate surface area is 232 Å². The lowest BCUT2D eigenvalue weighted by molar-refractivity contribution is -0.144. The van der Waals surface area contributed by atoms with Crippen LogP contribution in [0.4, 0.5) is 13.2 Å². The first-order chi connectivity index (χ1) is 18.9. The fourth-order valence-electron chi connectivity index (χ4n) is 4.86. The van der Waals surface area contributed by atoms with E-state index in [2.05, 4.69) is 15.5 Å². The maximum absolute atomic E-state index is 13.6. The summed E-state index contributed by atoms with van der Waals surface area (Å²) in [6.45, 7) is 3.32. The summed E-state index contributed by atoms with van der Waals surface area (Å²) < 4.78 is 44.6. The number of amides is 2. The average Bonchev–Trinajstić information content (AvgIpc) is 3.23. The predicted molar refractivity (Wildman–Crippen MR) is 141 cm³/mol. The Bertz CT molecular complexity index is 1480. The number of alkyl halides is 3. The van der Waals surface area contributed by atoms with E-state index in [4.69, 9.17) is 21.9 Å². The molecule has 0 saturated heterocycles. The van der Waals surface area contributed by atoms with Crippen molar-refractivity contribution in [2.75, 3.05) is 0 Å². The molecule has 0 bridgehead atoms. The van der Waals surface area contributed by atoms with Gasteiger partial charge in [-0.05, 0) is 43.5 Å². The van der Waals surface area contributed by atoms with Crippen molar-refractivity contribution in [3.63, 3.8) is 0 Å². The van der Waals surface area contributed by atoms with Crippen molar-refractivity contribution in [3.8, 4) is 0 Å². The Kier molecular flexibility index (Phi) is 8.43. The monoisotopic (exact) mass is 574 g/mol. The first-order valence-electron chi connectivity index (χ1n) is 12.4. The number of carbonyl (C=O) groups excluding carboxylic acids is 3. The van der Waals surface area contributed by atoms with Crippen LogP contribution in [0.25, 0.3) is 0 Å². The van der Waals surface area contributed by atoms with Crippen LogP contribution in [-0.4, -0.2) is 40.8 Å². The standard InChI is InChI=1S/C28H26ClF3N4O4/c1-14-5-3-8-18-20(14)12-22(37)26(34-24(18)16-6-4-7-17(29)11-16)35-27(39)19(9-10-28(30,31)32)23(25(33)38)21-13-40-36-15(21)2/h3-8,11,13,19,23,26H,9-10,12H2,1-2H3,(H2,33,38)(H,35,39)/t19-,23-,26-/m1/s1. The second kappa shape index (κ2) is 11.6. The molecule has 3 atom stereocenters. The molecule has 40 heavy (non-hydrogen) atoms. The number of primary amides is 1. The van der Waals surface area contributed by atoms with Crippen LogP contribution in [0.15, 0.2) is 58.2 Å². The lowest BCUT2D eigenvalue weighted by Crippen LogP contribution is -2.46. The number of nitrogens with one attached hydrogen (secondary N) is 1. The van der Waals surface area contributed by atoms with Gasteiger partial charge in [0.1, 0.15) is 6.26 Å². The molecule has 2 heterocycles. The SMILES string of the molecule is Cc1cccc2c1CC(=O)[C@@H](NC(=O)[C@H](CCC(F)(F)F)[C@@H](C(N)=O)c1conc1C)N=C2c1cccc(Cl)c1. The molecule has 1 aliphatic rings. The van der Waals surface area contributed by atoms with Gasteiger partial charge in [0.05, 0.1) is 23.2 Å². The molecule has 0 saturated carbocycles. The number of halogens is 4. The third kappa shape index (κ3) is 6.41. The molecule has 0 radical (unpaired) electrons. The van der Waals surface area contributed by atoms with E-state index in [1.165, 1.54) is 6.92 Å². The van der Waals surface area contributed by atoms with Crippen molar-refractivity contribution < 1.29 is 32.1 Å². The summed E-state index contributed by atoms with van der Waals surface area (Å²) in [6.07, 6.45) is -7.20. The number of fused-ring (bicyclic) bond motifs is 1. The molecule has 210 valence electrons. The Hall–Kier alpha value is -3.99. The van der Waals surface area contributed by atoms with Crippen LogP contribution >= 0.6 is 11.6 Å². The summed E-state index contributed by atoms with van der Waals surface area (Å²) in [5, 5.41) is 6.59. The highest BCUT2D eigenvalue weighted by atomic mass is 35.5. The third-order valence-electron chi connectivity index (χ3n) is 6.86. The number of aryl methyl sites for hydroxylation is 2. The number of nitrogens with two attached hydrogens (primary N) is 1. The smallest absolute Gasteiger partial charge is 0.369 e. The van der Waals surface area contributed by atoms with Gasteiger partial charge in [-0.1, -0.05) is 47.1 Å². The summed E-state index contributed by atoms with van der Waals surface area (Å²) in [4.78, 5) is 44.0. The van der Waals surface area contributed by atoms with Gasteiger partial charge in [-0.25, -0.2) is 0 Å². The third-order valence-corrected chi connectivity index (χ3v) is 7.10. The van der Waals surface area contributed by atoms with E-state index in [9.17, 15) is 27.6 Å². The Balaban J connectivity index is 1.76. The highest BCUT2D eigenvalue weighted by molar-refractivity contribution is 6.31.